The molecule has 3 aliphatic rings. The van der Waals surface area contributed by atoms with Gasteiger partial charge < -0.3 is 4.90 Å². The minimum atomic E-state index is -1.74. The molecule has 0 bridgehead atoms. The lowest BCUT2D eigenvalue weighted by atomic mass is 9.64. The minimum Gasteiger partial charge on any atom is -0.352 e. The van der Waals surface area contributed by atoms with Crippen LogP contribution in [0.5, 0.6) is 0 Å². The summed E-state index contributed by atoms with van der Waals surface area (Å²) in [6.45, 7) is 1.92. The molecule has 1 aliphatic carbocycles. The predicted octanol–water partition coefficient (Wildman–Crippen LogP) is 6.87. The first-order valence-electron chi connectivity index (χ1n) is 13.5. The highest BCUT2D eigenvalue weighted by Crippen LogP contribution is 2.61. The molecule has 1 spiro atoms. The quantitative estimate of drug-likeness (QED) is 0.114. The average molecular weight is 575 g/mol. The fraction of sp³-hybridized carbons (Fsp3) is 0.147. The van der Waals surface area contributed by atoms with E-state index < -0.39 is 39.9 Å². The van der Waals surface area contributed by atoms with Crippen molar-refractivity contribution in [1.29, 1.82) is 0 Å². The first-order valence-corrected chi connectivity index (χ1v) is 13.9. The standard InChI is InChI=1S/C34H23ClN2O5/c1-19-9-11-20(12-10-19)31(38)30-29(22-5-4-6-24(18-22)37(41)42)34(32(39)25-7-2-3-8-26(25)33(34)40)28-16-13-21-17-23(35)14-15-27(21)36(28)30/h2-18,28-30H,1H3/t28-,29-,30+/m1/s1. The third-order valence-corrected chi connectivity index (χ3v) is 9.05. The minimum absolute atomic E-state index is 0.188. The number of fused-ring (bicyclic) bond motifs is 5. The molecule has 42 heavy (non-hydrogen) atoms. The van der Waals surface area contributed by atoms with Crippen LogP contribution in [-0.2, 0) is 0 Å². The molecule has 0 aromatic heterocycles. The summed E-state index contributed by atoms with van der Waals surface area (Å²) in [5.41, 5.74) is 1.81. The number of benzene rings is 4. The number of hydrogen-bond donors (Lipinski definition) is 0. The third-order valence-electron chi connectivity index (χ3n) is 8.81. The van der Waals surface area contributed by atoms with Crippen LogP contribution in [0.1, 0.15) is 53.7 Å². The third kappa shape index (κ3) is 3.50. The number of aryl methyl sites for hydroxylation is 1. The van der Waals surface area contributed by atoms with Crippen LogP contribution in [0.2, 0.25) is 5.02 Å². The second-order valence-electron chi connectivity index (χ2n) is 11.0. The number of rotatable bonds is 4. The largest absolute Gasteiger partial charge is 0.352 e. The van der Waals surface area contributed by atoms with Gasteiger partial charge in [0.2, 0.25) is 0 Å². The van der Waals surface area contributed by atoms with Gasteiger partial charge in [-0.1, -0.05) is 90.0 Å². The zero-order valence-electron chi connectivity index (χ0n) is 22.4. The van der Waals surface area contributed by atoms with Crippen molar-refractivity contribution in [3.63, 3.8) is 0 Å². The molecular formula is C34H23ClN2O5. The Labute approximate surface area is 246 Å². The lowest BCUT2D eigenvalue weighted by Gasteiger charge is -2.37. The van der Waals surface area contributed by atoms with Crippen molar-refractivity contribution in [2.75, 3.05) is 4.90 Å². The van der Waals surface area contributed by atoms with E-state index in [0.717, 1.165) is 11.1 Å². The molecule has 7 nitrogen and oxygen atoms in total. The molecule has 0 N–H and O–H groups in total. The molecule has 1 fully saturated rings. The summed E-state index contributed by atoms with van der Waals surface area (Å²) in [4.78, 5) is 57.2. The van der Waals surface area contributed by atoms with E-state index in [1.54, 1.807) is 66.7 Å². The van der Waals surface area contributed by atoms with Crippen molar-refractivity contribution in [3.8, 4) is 0 Å². The maximum atomic E-state index is 14.7. The Kier molecular flexibility index (Phi) is 5.78. The lowest BCUT2D eigenvalue weighted by Crippen LogP contribution is -2.48. The van der Waals surface area contributed by atoms with Gasteiger partial charge in [0, 0.05) is 45.5 Å². The zero-order chi connectivity index (χ0) is 29.3. The topological polar surface area (TPSA) is 97.6 Å². The number of nitro benzene ring substituents is 1. The number of carbonyl (C=O) groups excluding carboxylic acids is 3. The van der Waals surface area contributed by atoms with E-state index in [1.165, 1.54) is 18.2 Å². The molecule has 2 aliphatic heterocycles. The first-order chi connectivity index (χ1) is 20.2. The molecule has 0 radical (unpaired) electrons. The fourth-order valence-electron chi connectivity index (χ4n) is 7.04. The Balaban J connectivity index is 1.56. The number of non-ortho nitro benzene ring substituents is 1. The highest BCUT2D eigenvalue weighted by Gasteiger charge is 2.71. The lowest BCUT2D eigenvalue weighted by molar-refractivity contribution is -0.384. The molecule has 4 aromatic carbocycles. The summed E-state index contributed by atoms with van der Waals surface area (Å²) in [7, 11) is 0. The molecule has 3 atom stereocenters. The van der Waals surface area contributed by atoms with Crippen molar-refractivity contribution in [1.82, 2.24) is 0 Å². The van der Waals surface area contributed by atoms with Gasteiger partial charge in [-0.25, -0.2) is 0 Å². The van der Waals surface area contributed by atoms with Gasteiger partial charge in [-0.15, -0.1) is 0 Å². The highest BCUT2D eigenvalue weighted by atomic mass is 35.5. The number of nitrogens with zero attached hydrogens (tertiary/aromatic N) is 2. The first kappa shape index (κ1) is 26.0. The maximum Gasteiger partial charge on any atom is 0.269 e. The van der Waals surface area contributed by atoms with Crippen molar-refractivity contribution >= 4 is 46.4 Å². The van der Waals surface area contributed by atoms with Gasteiger partial charge in [-0.2, -0.15) is 0 Å². The molecule has 0 unspecified atom stereocenters. The highest BCUT2D eigenvalue weighted by molar-refractivity contribution is 6.32. The molecule has 7 rings (SSSR count). The smallest absolute Gasteiger partial charge is 0.269 e. The molecule has 206 valence electrons. The number of nitro groups is 1. The number of anilines is 1. The summed E-state index contributed by atoms with van der Waals surface area (Å²) in [5, 5.41) is 12.4. The monoisotopic (exact) mass is 574 g/mol. The van der Waals surface area contributed by atoms with Crippen LogP contribution in [0.3, 0.4) is 0 Å². The van der Waals surface area contributed by atoms with E-state index >= 15 is 0 Å². The van der Waals surface area contributed by atoms with Gasteiger partial charge in [0.25, 0.3) is 5.69 Å². The van der Waals surface area contributed by atoms with E-state index in [2.05, 4.69) is 0 Å². The summed E-state index contributed by atoms with van der Waals surface area (Å²) in [5.74, 6) is -2.11. The normalized spacial score (nSPS) is 21.3. The van der Waals surface area contributed by atoms with Crippen molar-refractivity contribution in [2.45, 2.75) is 24.9 Å². The Morgan fingerprint density at radius 1 is 0.905 bits per heavy atom. The number of Topliss-reactive ketones (excluding diaryl/α,β-unsaturated/α-hetero) is 3. The van der Waals surface area contributed by atoms with Crippen molar-refractivity contribution < 1.29 is 19.3 Å². The Morgan fingerprint density at radius 3 is 2.26 bits per heavy atom. The average Bonchev–Trinajstić information content (AvgIpc) is 3.43. The van der Waals surface area contributed by atoms with E-state index in [0.29, 0.717) is 21.8 Å². The van der Waals surface area contributed by atoms with E-state index in [4.69, 9.17) is 11.6 Å². The van der Waals surface area contributed by atoms with Gasteiger partial charge in [0.1, 0.15) is 11.5 Å². The Hall–Kier alpha value is -4.88. The second-order valence-corrected chi connectivity index (χ2v) is 11.4. The Bertz CT molecular complexity index is 1840. The van der Waals surface area contributed by atoms with Crippen molar-refractivity contribution in [3.05, 3.63) is 146 Å². The number of ketones is 3. The van der Waals surface area contributed by atoms with Gasteiger partial charge in [-0.05, 0) is 36.2 Å². The van der Waals surface area contributed by atoms with Crippen LogP contribution >= 0.6 is 11.6 Å². The van der Waals surface area contributed by atoms with Crippen molar-refractivity contribution in [2.24, 2.45) is 5.41 Å². The molecule has 1 saturated heterocycles. The van der Waals surface area contributed by atoms with Crippen LogP contribution in [-0.4, -0.2) is 34.4 Å². The van der Waals surface area contributed by atoms with Crippen LogP contribution in [0.15, 0.2) is 97.1 Å². The van der Waals surface area contributed by atoms with Crippen LogP contribution in [0.4, 0.5) is 11.4 Å². The molecule has 4 aromatic rings. The zero-order valence-corrected chi connectivity index (χ0v) is 23.1. The second kappa shape index (κ2) is 9.33. The summed E-state index contributed by atoms with van der Waals surface area (Å²) >= 11 is 6.34. The van der Waals surface area contributed by atoms with E-state index in [-0.39, 0.29) is 22.6 Å². The van der Waals surface area contributed by atoms with E-state index in [1.807, 2.05) is 30.0 Å². The number of carbonyl (C=O) groups is 3. The fourth-order valence-corrected chi connectivity index (χ4v) is 7.22. The molecule has 0 amide bonds. The van der Waals surface area contributed by atoms with Gasteiger partial charge in [0.15, 0.2) is 17.3 Å². The summed E-state index contributed by atoms with van der Waals surface area (Å²) in [6, 6.07) is 23.2. The molecular weight excluding hydrogens is 552 g/mol. The summed E-state index contributed by atoms with van der Waals surface area (Å²) < 4.78 is 0. The van der Waals surface area contributed by atoms with Crippen LogP contribution in [0.25, 0.3) is 6.08 Å². The molecule has 2 heterocycles. The van der Waals surface area contributed by atoms with Crippen LogP contribution < -0.4 is 4.90 Å². The summed E-state index contributed by atoms with van der Waals surface area (Å²) in [6.07, 6.45) is 3.63. The van der Waals surface area contributed by atoms with E-state index in [9.17, 15) is 24.5 Å². The molecule has 0 saturated carbocycles. The van der Waals surface area contributed by atoms with Gasteiger partial charge in [-0.3, -0.25) is 24.5 Å². The maximum absolute atomic E-state index is 14.7. The van der Waals surface area contributed by atoms with Gasteiger partial charge >= 0.3 is 0 Å². The van der Waals surface area contributed by atoms with Gasteiger partial charge in [0.05, 0.1) is 11.0 Å². The Morgan fingerprint density at radius 2 is 1.60 bits per heavy atom. The number of hydrogen-bond acceptors (Lipinski definition) is 6. The molecule has 8 heteroatoms. The SMILES string of the molecule is Cc1ccc(C(=O)[C@@H]2[C@@H](c3cccc([N+](=O)[O-])c3)C3(C(=O)c4ccccc4C3=O)[C@H]3C=Cc4cc(Cl)ccc4N23)cc1. The number of halogens is 1. The predicted molar refractivity (Wildman–Crippen MR) is 159 cm³/mol. The van der Waals surface area contributed by atoms with Crippen LogP contribution in [0, 0.1) is 22.5 Å².